The van der Waals surface area contributed by atoms with Crippen LogP contribution in [0.2, 0.25) is 5.02 Å². The van der Waals surface area contributed by atoms with Crippen LogP contribution in [0.25, 0.3) is 22.2 Å². The normalized spacial score (nSPS) is 10.7. The second-order valence-electron chi connectivity index (χ2n) is 4.39. The lowest BCUT2D eigenvalue weighted by Crippen LogP contribution is -2.12. The van der Waals surface area contributed by atoms with Gasteiger partial charge in [0.05, 0.1) is 21.8 Å². The van der Waals surface area contributed by atoms with Crippen molar-refractivity contribution in [2.45, 2.75) is 0 Å². The van der Waals surface area contributed by atoms with Gasteiger partial charge in [-0.25, -0.2) is 0 Å². The molecule has 0 saturated heterocycles. The molecule has 0 bridgehead atoms. The van der Waals surface area contributed by atoms with Gasteiger partial charge in [-0.2, -0.15) is 0 Å². The molecule has 1 aromatic heterocycles. The molecule has 0 aliphatic rings. The van der Waals surface area contributed by atoms with Gasteiger partial charge in [0.15, 0.2) is 6.29 Å². The van der Waals surface area contributed by atoms with E-state index < -0.39 is 0 Å². The zero-order valence-corrected chi connectivity index (χ0v) is 11.1. The van der Waals surface area contributed by atoms with Crippen molar-refractivity contribution in [3.05, 3.63) is 69.3 Å². The second-order valence-corrected chi connectivity index (χ2v) is 4.80. The molecule has 1 heterocycles. The van der Waals surface area contributed by atoms with Gasteiger partial charge in [-0.1, -0.05) is 48.0 Å². The van der Waals surface area contributed by atoms with E-state index in [-0.39, 0.29) is 11.0 Å². The molecule has 0 spiro atoms. The lowest BCUT2D eigenvalue weighted by molar-refractivity contribution is 0.112. The number of carbonyl (C=O) groups excluding carboxylic acids is 1. The maximum absolute atomic E-state index is 12.4. The third kappa shape index (κ3) is 1.92. The molecule has 3 nitrogen and oxygen atoms in total. The number of nitrogens with one attached hydrogen (secondary N) is 1. The van der Waals surface area contributed by atoms with E-state index in [9.17, 15) is 9.59 Å². The summed E-state index contributed by atoms with van der Waals surface area (Å²) in [6.45, 7) is 0. The summed E-state index contributed by atoms with van der Waals surface area (Å²) in [5.41, 5.74) is 1.62. The minimum Gasteiger partial charge on any atom is -0.353 e. The first-order valence-electron chi connectivity index (χ1n) is 6.07. The van der Waals surface area contributed by atoms with Gasteiger partial charge in [-0.05, 0) is 17.7 Å². The molecule has 0 amide bonds. The molecule has 3 aromatic rings. The van der Waals surface area contributed by atoms with Gasteiger partial charge in [0.25, 0.3) is 0 Å². The van der Waals surface area contributed by atoms with E-state index >= 15 is 0 Å². The van der Waals surface area contributed by atoms with Crippen molar-refractivity contribution in [3.8, 4) is 11.3 Å². The topological polar surface area (TPSA) is 49.9 Å². The van der Waals surface area contributed by atoms with E-state index in [2.05, 4.69) is 4.98 Å². The standard InChI is InChI=1S/C16H10ClNO2/c17-13-8-4-7-11-15(13)18-14(12(9-19)16(11)20)10-5-2-1-3-6-10/h1-9H,(H,18,20). The van der Waals surface area contributed by atoms with E-state index in [1.165, 1.54) is 0 Å². The van der Waals surface area contributed by atoms with Crippen LogP contribution >= 0.6 is 11.6 Å². The monoisotopic (exact) mass is 283 g/mol. The van der Waals surface area contributed by atoms with Gasteiger partial charge in [0, 0.05) is 5.39 Å². The van der Waals surface area contributed by atoms with Gasteiger partial charge in [0.2, 0.25) is 5.43 Å². The Bertz CT molecular complexity index is 853. The molecule has 2 aromatic carbocycles. The smallest absolute Gasteiger partial charge is 0.200 e. The molecule has 0 aliphatic heterocycles. The Morgan fingerprint density at radius 2 is 1.75 bits per heavy atom. The number of hydrogen-bond donors (Lipinski definition) is 1. The third-order valence-electron chi connectivity index (χ3n) is 3.20. The van der Waals surface area contributed by atoms with Gasteiger partial charge in [-0.3, -0.25) is 9.59 Å². The van der Waals surface area contributed by atoms with Crippen LogP contribution in [0.15, 0.2) is 53.3 Å². The van der Waals surface area contributed by atoms with Gasteiger partial charge in [0.1, 0.15) is 0 Å². The zero-order chi connectivity index (χ0) is 14.1. The van der Waals surface area contributed by atoms with Crippen LogP contribution in [-0.2, 0) is 0 Å². The quantitative estimate of drug-likeness (QED) is 0.730. The van der Waals surface area contributed by atoms with Crippen molar-refractivity contribution in [2.75, 3.05) is 0 Å². The third-order valence-corrected chi connectivity index (χ3v) is 3.52. The van der Waals surface area contributed by atoms with E-state index in [1.54, 1.807) is 18.2 Å². The molecule has 0 unspecified atom stereocenters. The SMILES string of the molecule is O=Cc1c(-c2ccccc2)[nH]c2c(Cl)cccc2c1=O. The van der Waals surface area contributed by atoms with Crippen molar-refractivity contribution in [3.63, 3.8) is 0 Å². The molecule has 0 radical (unpaired) electrons. The van der Waals surface area contributed by atoms with Crippen LogP contribution < -0.4 is 5.43 Å². The highest BCUT2D eigenvalue weighted by Gasteiger charge is 2.14. The fourth-order valence-electron chi connectivity index (χ4n) is 2.24. The molecule has 0 saturated carbocycles. The molecule has 0 atom stereocenters. The molecular weight excluding hydrogens is 274 g/mol. The molecule has 0 fully saturated rings. The number of aromatic amines is 1. The fraction of sp³-hybridized carbons (Fsp3) is 0. The van der Waals surface area contributed by atoms with E-state index in [4.69, 9.17) is 11.6 Å². The predicted octanol–water partition coefficient (Wildman–Crippen LogP) is 3.66. The number of benzene rings is 2. The molecule has 4 heteroatoms. The lowest BCUT2D eigenvalue weighted by Gasteiger charge is -2.08. The second kappa shape index (κ2) is 4.94. The summed E-state index contributed by atoms with van der Waals surface area (Å²) in [6.07, 6.45) is 0.585. The summed E-state index contributed by atoms with van der Waals surface area (Å²) in [7, 11) is 0. The highest BCUT2D eigenvalue weighted by molar-refractivity contribution is 6.35. The molecule has 3 rings (SSSR count). The molecule has 0 aliphatic carbocycles. The average Bonchev–Trinajstić information content (AvgIpc) is 2.49. The lowest BCUT2D eigenvalue weighted by atomic mass is 10.0. The van der Waals surface area contributed by atoms with Crippen LogP contribution in [0.1, 0.15) is 10.4 Å². The number of carbonyl (C=O) groups is 1. The number of aldehydes is 1. The van der Waals surface area contributed by atoms with Crippen LogP contribution in [0.5, 0.6) is 0 Å². The van der Waals surface area contributed by atoms with Crippen molar-refractivity contribution in [1.29, 1.82) is 0 Å². The number of pyridine rings is 1. The molecular formula is C16H10ClNO2. The Labute approximate surface area is 119 Å². The van der Waals surface area contributed by atoms with E-state index in [0.29, 0.717) is 27.9 Å². The Kier molecular flexibility index (Phi) is 3.12. The van der Waals surface area contributed by atoms with E-state index in [0.717, 1.165) is 5.56 Å². The summed E-state index contributed by atoms with van der Waals surface area (Å²) in [4.78, 5) is 26.8. The minimum absolute atomic E-state index is 0.117. The highest BCUT2D eigenvalue weighted by Crippen LogP contribution is 2.25. The molecule has 98 valence electrons. The Hall–Kier alpha value is -2.39. The van der Waals surface area contributed by atoms with Crippen LogP contribution in [0.4, 0.5) is 0 Å². The Balaban J connectivity index is 2.46. The Morgan fingerprint density at radius 3 is 2.45 bits per heavy atom. The number of hydrogen-bond acceptors (Lipinski definition) is 2. The number of para-hydroxylation sites is 1. The maximum atomic E-state index is 12.4. The van der Waals surface area contributed by atoms with Crippen molar-refractivity contribution >= 4 is 28.8 Å². The number of H-pyrrole nitrogens is 1. The van der Waals surface area contributed by atoms with Crippen molar-refractivity contribution < 1.29 is 4.79 Å². The summed E-state index contributed by atoms with van der Waals surface area (Å²) in [5.74, 6) is 0. The summed E-state index contributed by atoms with van der Waals surface area (Å²) in [6, 6.07) is 14.3. The van der Waals surface area contributed by atoms with Crippen LogP contribution in [0, 0.1) is 0 Å². The van der Waals surface area contributed by atoms with Gasteiger partial charge >= 0.3 is 0 Å². The van der Waals surface area contributed by atoms with Crippen LogP contribution in [0.3, 0.4) is 0 Å². The fourth-order valence-corrected chi connectivity index (χ4v) is 2.46. The van der Waals surface area contributed by atoms with Gasteiger partial charge in [-0.15, -0.1) is 0 Å². The molecule has 20 heavy (non-hydrogen) atoms. The number of fused-ring (bicyclic) bond motifs is 1. The van der Waals surface area contributed by atoms with E-state index in [1.807, 2.05) is 30.3 Å². The van der Waals surface area contributed by atoms with Crippen molar-refractivity contribution in [2.24, 2.45) is 0 Å². The first-order valence-corrected chi connectivity index (χ1v) is 6.45. The summed E-state index contributed by atoms with van der Waals surface area (Å²) >= 11 is 6.13. The summed E-state index contributed by atoms with van der Waals surface area (Å²) < 4.78 is 0. The van der Waals surface area contributed by atoms with Crippen LogP contribution in [-0.4, -0.2) is 11.3 Å². The minimum atomic E-state index is -0.310. The Morgan fingerprint density at radius 1 is 1.00 bits per heavy atom. The molecule has 1 N–H and O–H groups in total. The predicted molar refractivity (Wildman–Crippen MR) is 80.4 cm³/mol. The first kappa shape index (κ1) is 12.6. The summed E-state index contributed by atoms with van der Waals surface area (Å²) in [5, 5.41) is 0.869. The largest absolute Gasteiger partial charge is 0.353 e. The maximum Gasteiger partial charge on any atom is 0.200 e. The van der Waals surface area contributed by atoms with Gasteiger partial charge < -0.3 is 4.98 Å². The zero-order valence-electron chi connectivity index (χ0n) is 10.4. The highest BCUT2D eigenvalue weighted by atomic mass is 35.5. The average molecular weight is 284 g/mol. The number of rotatable bonds is 2. The first-order chi connectivity index (χ1) is 9.72. The number of halogens is 1. The van der Waals surface area contributed by atoms with Crippen molar-refractivity contribution in [1.82, 2.24) is 4.98 Å². The number of aromatic nitrogens is 1.